The number of nitrogens with zero attached hydrogens (tertiary/aromatic N) is 2. The van der Waals surface area contributed by atoms with Gasteiger partial charge in [-0.15, -0.1) is 0 Å². The molecule has 0 saturated heterocycles. The molecular weight excluding hydrogens is 298 g/mol. The summed E-state index contributed by atoms with van der Waals surface area (Å²) in [6.45, 7) is 1.51. The van der Waals surface area contributed by atoms with Crippen LogP contribution in [0.4, 0.5) is 5.69 Å². The summed E-state index contributed by atoms with van der Waals surface area (Å²) in [6.07, 6.45) is 3.16. The Morgan fingerprint density at radius 1 is 1.39 bits per heavy atom. The molecule has 0 bridgehead atoms. The maximum Gasteiger partial charge on any atom is 0.310 e. The number of amides is 1. The molecule has 1 N–H and O–H groups in total. The van der Waals surface area contributed by atoms with Gasteiger partial charge in [-0.3, -0.25) is 14.9 Å². The third-order valence-electron chi connectivity index (χ3n) is 4.02. The van der Waals surface area contributed by atoms with Crippen LogP contribution in [0.25, 0.3) is 0 Å². The lowest BCUT2D eigenvalue weighted by atomic mass is 9.83. The number of hydrogen-bond donors (Lipinski definition) is 1. The lowest BCUT2D eigenvalue weighted by Crippen LogP contribution is -2.52. The molecule has 0 heterocycles. The van der Waals surface area contributed by atoms with Gasteiger partial charge in [0, 0.05) is 6.07 Å². The van der Waals surface area contributed by atoms with E-state index in [0.717, 1.165) is 19.3 Å². The molecule has 1 aromatic rings. The van der Waals surface area contributed by atoms with Crippen LogP contribution in [0.3, 0.4) is 0 Å². The molecule has 1 aliphatic rings. The van der Waals surface area contributed by atoms with E-state index in [9.17, 15) is 20.2 Å². The summed E-state index contributed by atoms with van der Waals surface area (Å²) in [7, 11) is 0. The third-order valence-corrected chi connectivity index (χ3v) is 4.02. The zero-order valence-corrected chi connectivity index (χ0v) is 12.9. The largest absolute Gasteiger partial charge is 0.474 e. The molecule has 1 aliphatic carbocycles. The Bertz CT molecular complexity index is 632. The Labute approximate surface area is 134 Å². The number of hydrogen-bond acceptors (Lipinski definition) is 5. The van der Waals surface area contributed by atoms with E-state index in [1.807, 2.05) is 0 Å². The normalized spacial score (nSPS) is 17.6. The van der Waals surface area contributed by atoms with E-state index in [2.05, 4.69) is 11.4 Å². The van der Waals surface area contributed by atoms with Crippen molar-refractivity contribution in [2.24, 2.45) is 0 Å². The summed E-state index contributed by atoms with van der Waals surface area (Å²) in [5.74, 6) is -0.401. The zero-order chi connectivity index (χ0) is 16.9. The number of rotatable bonds is 5. The van der Waals surface area contributed by atoms with E-state index in [4.69, 9.17) is 4.74 Å². The molecule has 7 heteroatoms. The number of nitrogens with one attached hydrogen (secondary N) is 1. The van der Waals surface area contributed by atoms with Crippen molar-refractivity contribution in [2.75, 3.05) is 0 Å². The molecule has 1 fully saturated rings. The quantitative estimate of drug-likeness (QED) is 0.664. The van der Waals surface area contributed by atoms with Crippen LogP contribution < -0.4 is 10.1 Å². The molecular formula is C16H19N3O4. The Hall–Kier alpha value is -2.62. The van der Waals surface area contributed by atoms with Crippen molar-refractivity contribution in [3.8, 4) is 11.8 Å². The molecule has 1 aromatic carbocycles. The number of para-hydroxylation sites is 2. The van der Waals surface area contributed by atoms with Crippen molar-refractivity contribution in [1.82, 2.24) is 5.32 Å². The topological polar surface area (TPSA) is 105 Å². The molecule has 0 aliphatic heterocycles. The van der Waals surface area contributed by atoms with E-state index in [1.165, 1.54) is 25.1 Å². The standard InChI is InChI=1S/C16H19N3O4/c1-12(23-14-8-4-3-7-13(14)19(21)22)15(20)18-16(11-17)9-5-2-6-10-16/h3-4,7-8,12H,2,5-6,9-10H2,1H3,(H,18,20)/t12-/m0/s1. The van der Waals surface area contributed by atoms with Gasteiger partial charge in [0.1, 0.15) is 5.54 Å². The molecule has 1 amide bonds. The lowest BCUT2D eigenvalue weighted by molar-refractivity contribution is -0.386. The number of carbonyl (C=O) groups excluding carboxylic acids is 1. The zero-order valence-electron chi connectivity index (χ0n) is 12.9. The SMILES string of the molecule is C[C@H](Oc1ccccc1[N+](=O)[O-])C(=O)NC1(C#N)CCCCC1. The molecule has 0 spiro atoms. The second-order valence-electron chi connectivity index (χ2n) is 5.73. The highest BCUT2D eigenvalue weighted by Gasteiger charge is 2.35. The second-order valence-corrected chi connectivity index (χ2v) is 5.73. The monoisotopic (exact) mass is 317 g/mol. The predicted molar refractivity (Wildman–Crippen MR) is 82.8 cm³/mol. The van der Waals surface area contributed by atoms with E-state index < -0.39 is 22.5 Å². The van der Waals surface area contributed by atoms with E-state index in [0.29, 0.717) is 12.8 Å². The minimum Gasteiger partial charge on any atom is -0.474 e. The van der Waals surface area contributed by atoms with Gasteiger partial charge in [-0.2, -0.15) is 5.26 Å². The maximum atomic E-state index is 12.3. The molecule has 1 atom stereocenters. The molecule has 1 saturated carbocycles. The number of carbonyl (C=O) groups is 1. The van der Waals surface area contributed by atoms with Gasteiger partial charge >= 0.3 is 5.69 Å². The first-order valence-corrected chi connectivity index (χ1v) is 7.61. The Kier molecular flexibility index (Phi) is 5.16. The highest BCUT2D eigenvalue weighted by atomic mass is 16.6. The van der Waals surface area contributed by atoms with Crippen LogP contribution in [0.1, 0.15) is 39.0 Å². The van der Waals surface area contributed by atoms with Gasteiger partial charge in [0.2, 0.25) is 0 Å². The Balaban J connectivity index is 2.06. The number of nitriles is 1. The van der Waals surface area contributed by atoms with Crippen molar-refractivity contribution < 1.29 is 14.5 Å². The minimum atomic E-state index is -0.928. The first-order valence-electron chi connectivity index (χ1n) is 7.61. The van der Waals surface area contributed by atoms with E-state index in [1.54, 1.807) is 6.07 Å². The van der Waals surface area contributed by atoms with Crippen LogP contribution in [0.15, 0.2) is 24.3 Å². The molecule has 0 aromatic heterocycles. The summed E-state index contributed by atoms with van der Waals surface area (Å²) < 4.78 is 5.44. The second kappa shape index (κ2) is 7.09. The van der Waals surface area contributed by atoms with Crippen LogP contribution in [0, 0.1) is 21.4 Å². The smallest absolute Gasteiger partial charge is 0.310 e. The van der Waals surface area contributed by atoms with Crippen LogP contribution in [-0.2, 0) is 4.79 Å². The molecule has 0 unspecified atom stereocenters. The first kappa shape index (κ1) is 16.7. The Morgan fingerprint density at radius 3 is 2.65 bits per heavy atom. The van der Waals surface area contributed by atoms with Gasteiger partial charge in [-0.05, 0) is 25.8 Å². The first-order chi connectivity index (χ1) is 11.0. The van der Waals surface area contributed by atoms with E-state index in [-0.39, 0.29) is 11.4 Å². The fraction of sp³-hybridized carbons (Fsp3) is 0.500. The highest BCUT2D eigenvalue weighted by molar-refractivity contribution is 5.82. The number of benzene rings is 1. The van der Waals surface area contributed by atoms with Crippen molar-refractivity contribution in [3.63, 3.8) is 0 Å². The van der Waals surface area contributed by atoms with Gasteiger partial charge in [0.05, 0.1) is 11.0 Å². The Morgan fingerprint density at radius 2 is 2.04 bits per heavy atom. The van der Waals surface area contributed by atoms with Crippen molar-refractivity contribution in [1.29, 1.82) is 5.26 Å². The summed E-state index contributed by atoms with van der Waals surface area (Å²) in [5, 5.41) is 23.1. The van der Waals surface area contributed by atoms with Gasteiger partial charge < -0.3 is 10.1 Å². The highest BCUT2D eigenvalue weighted by Crippen LogP contribution is 2.29. The molecule has 2 rings (SSSR count). The molecule has 122 valence electrons. The van der Waals surface area contributed by atoms with Gasteiger partial charge in [-0.25, -0.2) is 0 Å². The van der Waals surface area contributed by atoms with Gasteiger partial charge in [0.25, 0.3) is 5.91 Å². The van der Waals surface area contributed by atoms with Crippen molar-refractivity contribution in [2.45, 2.75) is 50.7 Å². The molecule has 23 heavy (non-hydrogen) atoms. The number of nitro benzene ring substituents is 1. The van der Waals surface area contributed by atoms with Crippen LogP contribution in [-0.4, -0.2) is 22.5 Å². The lowest BCUT2D eigenvalue weighted by Gasteiger charge is -2.32. The summed E-state index contributed by atoms with van der Waals surface area (Å²) in [4.78, 5) is 22.7. The van der Waals surface area contributed by atoms with Gasteiger partial charge in [0.15, 0.2) is 11.9 Å². The fourth-order valence-corrected chi connectivity index (χ4v) is 2.71. The van der Waals surface area contributed by atoms with E-state index >= 15 is 0 Å². The number of nitro groups is 1. The predicted octanol–water partition coefficient (Wildman–Crippen LogP) is 2.70. The maximum absolute atomic E-state index is 12.3. The van der Waals surface area contributed by atoms with Crippen molar-refractivity contribution >= 4 is 11.6 Å². The van der Waals surface area contributed by atoms with Crippen LogP contribution in [0.5, 0.6) is 5.75 Å². The van der Waals surface area contributed by atoms with Crippen molar-refractivity contribution in [3.05, 3.63) is 34.4 Å². The summed E-state index contributed by atoms with van der Waals surface area (Å²) in [6, 6.07) is 8.10. The average Bonchev–Trinajstić information content (AvgIpc) is 2.56. The fourth-order valence-electron chi connectivity index (χ4n) is 2.71. The van der Waals surface area contributed by atoms with Crippen LogP contribution in [0.2, 0.25) is 0 Å². The van der Waals surface area contributed by atoms with Gasteiger partial charge in [-0.1, -0.05) is 31.4 Å². The summed E-state index contributed by atoms with van der Waals surface area (Å²) in [5.41, 5.74) is -1.05. The summed E-state index contributed by atoms with van der Waals surface area (Å²) >= 11 is 0. The molecule has 7 nitrogen and oxygen atoms in total. The minimum absolute atomic E-state index is 0.0369. The molecule has 0 radical (unpaired) electrons. The number of ether oxygens (including phenoxy) is 1. The van der Waals surface area contributed by atoms with Crippen LogP contribution >= 0.6 is 0 Å². The third kappa shape index (κ3) is 3.97. The average molecular weight is 317 g/mol.